The van der Waals surface area contributed by atoms with Crippen molar-refractivity contribution in [2.75, 3.05) is 13.1 Å². The van der Waals surface area contributed by atoms with Crippen molar-refractivity contribution in [2.45, 2.75) is 19.1 Å². The molecule has 0 bridgehead atoms. The molecule has 1 atom stereocenters. The predicted molar refractivity (Wildman–Crippen MR) is 79.1 cm³/mol. The van der Waals surface area contributed by atoms with E-state index in [1.54, 1.807) is 24.1 Å². The Hall–Kier alpha value is -2.19. The zero-order chi connectivity index (χ0) is 16.1. The van der Waals surface area contributed by atoms with Crippen molar-refractivity contribution < 1.29 is 10.0 Å². The molecule has 1 unspecified atom stereocenters. The molecule has 1 aromatic heterocycles. The molecule has 3 rings (SSSR count). The summed E-state index contributed by atoms with van der Waals surface area (Å²) in [5, 5.41) is 29.7. The molecule has 2 aliphatic heterocycles. The van der Waals surface area contributed by atoms with Crippen LogP contribution in [0.5, 0.6) is 0 Å². The van der Waals surface area contributed by atoms with Crippen molar-refractivity contribution in [1.29, 1.82) is 5.41 Å². The molecule has 0 amide bonds. The van der Waals surface area contributed by atoms with Gasteiger partial charge in [0.05, 0.1) is 4.92 Å². The zero-order valence-corrected chi connectivity index (χ0v) is 12.5. The van der Waals surface area contributed by atoms with Crippen LogP contribution in [0.1, 0.15) is 12.5 Å². The lowest BCUT2D eigenvalue weighted by molar-refractivity contribution is -0.418. The van der Waals surface area contributed by atoms with E-state index in [-0.39, 0.29) is 11.6 Å². The molecule has 1 fully saturated rings. The van der Waals surface area contributed by atoms with Crippen molar-refractivity contribution in [2.24, 2.45) is 0 Å². The van der Waals surface area contributed by atoms with Crippen LogP contribution in [0.4, 0.5) is 0 Å². The largest absolute Gasteiger partial charge is 0.503 e. The molecule has 3 heterocycles. The number of hydrogen-bond donors (Lipinski definition) is 2. The Balaban J connectivity index is 1.94. The third kappa shape index (κ3) is 1.95. The van der Waals surface area contributed by atoms with Gasteiger partial charge in [-0.15, -0.1) is 0 Å². The van der Waals surface area contributed by atoms with E-state index < -0.39 is 16.3 Å². The van der Waals surface area contributed by atoms with Crippen LogP contribution in [-0.2, 0) is 6.54 Å². The van der Waals surface area contributed by atoms with Gasteiger partial charge in [-0.2, -0.15) is 0 Å². The second kappa shape index (κ2) is 4.92. The van der Waals surface area contributed by atoms with Crippen LogP contribution in [-0.4, -0.2) is 49.4 Å². The lowest BCUT2D eigenvalue weighted by atomic mass is 10.1. The number of aliphatic hydroxyl groups is 1. The van der Waals surface area contributed by atoms with Gasteiger partial charge in [0.25, 0.3) is 0 Å². The van der Waals surface area contributed by atoms with Crippen LogP contribution in [0.15, 0.2) is 29.8 Å². The van der Waals surface area contributed by atoms with Gasteiger partial charge in [0.2, 0.25) is 11.6 Å². The maximum absolute atomic E-state index is 11.1. The minimum Gasteiger partial charge on any atom is -0.503 e. The van der Waals surface area contributed by atoms with Crippen LogP contribution in [0.3, 0.4) is 0 Å². The van der Waals surface area contributed by atoms with Crippen LogP contribution in [0.2, 0.25) is 5.15 Å². The topological polar surface area (TPSA) is 107 Å². The van der Waals surface area contributed by atoms with E-state index in [1.165, 1.54) is 0 Å². The van der Waals surface area contributed by atoms with Gasteiger partial charge in [-0.1, -0.05) is 17.7 Å². The maximum Gasteiger partial charge on any atom is 0.351 e. The summed E-state index contributed by atoms with van der Waals surface area (Å²) in [6.45, 7) is 3.15. The Bertz CT molecular complexity index is 689. The standard InChI is InChI=1S/C13H14ClN5O3/c1-13-11(20)10(19(21)22)12(15)18(13)5-4-17(13)7-8-2-3-9(14)16-6-8/h2-3,6,15,20H,4-5,7H2,1H3. The average Bonchev–Trinajstić information content (AvgIpc) is 2.88. The summed E-state index contributed by atoms with van der Waals surface area (Å²) in [6, 6.07) is 3.48. The molecule has 9 heteroatoms. The summed E-state index contributed by atoms with van der Waals surface area (Å²) in [5.41, 5.74) is -0.721. The third-order valence-electron chi connectivity index (χ3n) is 4.25. The van der Waals surface area contributed by atoms with Gasteiger partial charge in [-0.3, -0.25) is 20.4 Å². The highest BCUT2D eigenvalue weighted by atomic mass is 35.5. The highest BCUT2D eigenvalue weighted by molar-refractivity contribution is 6.29. The lowest BCUT2D eigenvalue weighted by Crippen LogP contribution is -2.50. The fourth-order valence-corrected chi connectivity index (χ4v) is 3.14. The Morgan fingerprint density at radius 2 is 2.27 bits per heavy atom. The second-order valence-corrected chi connectivity index (χ2v) is 5.77. The van der Waals surface area contributed by atoms with Crippen molar-refractivity contribution >= 4 is 17.4 Å². The Morgan fingerprint density at radius 3 is 2.86 bits per heavy atom. The normalized spacial score (nSPS) is 25.0. The third-order valence-corrected chi connectivity index (χ3v) is 4.47. The number of aromatic nitrogens is 1. The number of aliphatic hydroxyl groups excluding tert-OH is 1. The van der Waals surface area contributed by atoms with Gasteiger partial charge in [0.15, 0.2) is 5.66 Å². The van der Waals surface area contributed by atoms with E-state index in [0.29, 0.717) is 24.8 Å². The first-order valence-electron chi connectivity index (χ1n) is 6.66. The predicted octanol–water partition coefficient (Wildman–Crippen LogP) is 1.61. The fourth-order valence-electron chi connectivity index (χ4n) is 3.02. The van der Waals surface area contributed by atoms with Crippen LogP contribution < -0.4 is 0 Å². The lowest BCUT2D eigenvalue weighted by Gasteiger charge is -2.35. The van der Waals surface area contributed by atoms with Gasteiger partial charge < -0.3 is 10.0 Å². The first-order valence-corrected chi connectivity index (χ1v) is 7.03. The van der Waals surface area contributed by atoms with E-state index in [4.69, 9.17) is 17.0 Å². The van der Waals surface area contributed by atoms with Crippen molar-refractivity contribution in [3.05, 3.63) is 50.6 Å². The fraction of sp³-hybridized carbons (Fsp3) is 0.385. The molecule has 0 radical (unpaired) electrons. The number of hydrogen-bond acceptors (Lipinski definition) is 6. The molecule has 0 aliphatic carbocycles. The smallest absolute Gasteiger partial charge is 0.351 e. The molecule has 116 valence electrons. The quantitative estimate of drug-likeness (QED) is 0.497. The average molecular weight is 324 g/mol. The minimum atomic E-state index is -1.07. The molecule has 22 heavy (non-hydrogen) atoms. The van der Waals surface area contributed by atoms with Gasteiger partial charge in [-0.25, -0.2) is 4.98 Å². The Morgan fingerprint density at radius 1 is 1.55 bits per heavy atom. The highest BCUT2D eigenvalue weighted by Gasteiger charge is 2.58. The van der Waals surface area contributed by atoms with E-state index >= 15 is 0 Å². The van der Waals surface area contributed by atoms with E-state index in [9.17, 15) is 15.2 Å². The number of pyridine rings is 1. The van der Waals surface area contributed by atoms with E-state index in [0.717, 1.165) is 5.56 Å². The van der Waals surface area contributed by atoms with Gasteiger partial charge in [-0.05, 0) is 18.6 Å². The van der Waals surface area contributed by atoms with Gasteiger partial charge in [0.1, 0.15) is 5.15 Å². The first-order chi connectivity index (χ1) is 10.4. The number of rotatable bonds is 3. The Kier molecular flexibility index (Phi) is 3.30. The van der Waals surface area contributed by atoms with Crippen molar-refractivity contribution in [1.82, 2.24) is 14.8 Å². The minimum absolute atomic E-state index is 0.248. The molecule has 0 aromatic carbocycles. The highest BCUT2D eigenvalue weighted by Crippen LogP contribution is 2.41. The number of halogens is 1. The summed E-state index contributed by atoms with van der Waals surface area (Å²) in [7, 11) is 0. The Labute approximate surface area is 131 Å². The number of nitro groups is 1. The first kappa shape index (κ1) is 14.7. The zero-order valence-electron chi connectivity index (χ0n) is 11.8. The SMILES string of the molecule is CC12C(O)=C([N+](=O)[O-])C(=N)N1CCN2Cc1ccc(Cl)nc1. The molecule has 2 aliphatic rings. The molecule has 8 nitrogen and oxygen atoms in total. The maximum atomic E-state index is 11.1. The molecular weight excluding hydrogens is 310 g/mol. The number of fused-ring (bicyclic) bond motifs is 1. The number of nitrogens with zero attached hydrogens (tertiary/aromatic N) is 4. The second-order valence-electron chi connectivity index (χ2n) is 5.39. The molecule has 1 aromatic rings. The van der Waals surface area contributed by atoms with E-state index in [1.807, 2.05) is 11.0 Å². The summed E-state index contributed by atoms with van der Waals surface area (Å²) in [6.07, 6.45) is 1.63. The summed E-state index contributed by atoms with van der Waals surface area (Å²) >= 11 is 5.76. The van der Waals surface area contributed by atoms with Crippen molar-refractivity contribution in [3.63, 3.8) is 0 Å². The molecule has 2 N–H and O–H groups in total. The molecule has 1 saturated heterocycles. The van der Waals surface area contributed by atoms with Crippen molar-refractivity contribution in [3.8, 4) is 0 Å². The number of nitrogens with one attached hydrogen (secondary N) is 1. The molecular formula is C13H14ClN5O3. The summed E-state index contributed by atoms with van der Waals surface area (Å²) in [4.78, 5) is 17.8. The monoisotopic (exact) mass is 323 g/mol. The number of amidine groups is 1. The van der Waals surface area contributed by atoms with Crippen LogP contribution >= 0.6 is 11.6 Å². The van der Waals surface area contributed by atoms with Gasteiger partial charge >= 0.3 is 5.70 Å². The van der Waals surface area contributed by atoms with Crippen LogP contribution in [0.25, 0.3) is 0 Å². The van der Waals surface area contributed by atoms with E-state index in [2.05, 4.69) is 4.98 Å². The summed E-state index contributed by atoms with van der Waals surface area (Å²) in [5.74, 6) is -0.636. The summed E-state index contributed by atoms with van der Waals surface area (Å²) < 4.78 is 0. The van der Waals surface area contributed by atoms with Crippen LogP contribution in [0, 0.1) is 15.5 Å². The molecule has 0 spiro atoms. The van der Waals surface area contributed by atoms with Gasteiger partial charge in [0, 0.05) is 25.8 Å². The molecule has 0 saturated carbocycles.